The van der Waals surface area contributed by atoms with Crippen molar-refractivity contribution in [3.63, 3.8) is 0 Å². The van der Waals surface area contributed by atoms with Crippen LogP contribution in [0.3, 0.4) is 0 Å². The molecule has 4 aromatic rings. The van der Waals surface area contributed by atoms with Crippen molar-refractivity contribution in [2.24, 2.45) is 0 Å². The normalized spacial score (nSPS) is 18.4. The van der Waals surface area contributed by atoms with Crippen LogP contribution in [0.15, 0.2) is 47.4 Å². The van der Waals surface area contributed by atoms with Gasteiger partial charge in [0.15, 0.2) is 5.65 Å². The summed E-state index contributed by atoms with van der Waals surface area (Å²) in [4.78, 5) is 22.0. The molecule has 6 nitrogen and oxygen atoms in total. The second-order valence-electron chi connectivity index (χ2n) is 8.78. The van der Waals surface area contributed by atoms with Gasteiger partial charge in [0, 0.05) is 51.8 Å². The zero-order valence-corrected chi connectivity index (χ0v) is 19.9. The Kier molecular flexibility index (Phi) is 5.91. The van der Waals surface area contributed by atoms with E-state index in [1.54, 1.807) is 32.2 Å². The minimum atomic E-state index is -0.476. The van der Waals surface area contributed by atoms with Crippen LogP contribution in [-0.2, 0) is 4.74 Å². The number of rotatable bonds is 3. The third kappa shape index (κ3) is 4.10. The van der Waals surface area contributed by atoms with Crippen LogP contribution in [0.5, 0.6) is 0 Å². The highest BCUT2D eigenvalue weighted by atomic mass is 35.5. The molecule has 1 saturated heterocycles. The fraction of sp³-hybridized carbons (Fsp3) is 0.308. The molecule has 0 bridgehead atoms. The third-order valence-electron chi connectivity index (χ3n) is 6.49. The van der Waals surface area contributed by atoms with E-state index in [-0.39, 0.29) is 17.6 Å². The van der Waals surface area contributed by atoms with E-state index in [0.717, 1.165) is 17.7 Å². The topological polar surface area (TPSA) is 69.4 Å². The summed E-state index contributed by atoms with van der Waals surface area (Å²) in [5, 5.41) is 5.01. The molecule has 4 heterocycles. The summed E-state index contributed by atoms with van der Waals surface area (Å²) in [7, 11) is 0. The lowest BCUT2D eigenvalue weighted by Gasteiger charge is -2.30. The highest BCUT2D eigenvalue weighted by molar-refractivity contribution is 6.30. The largest absolute Gasteiger partial charge is 0.373 e. The molecule has 0 radical (unpaired) electrons. The van der Waals surface area contributed by atoms with Gasteiger partial charge in [0.2, 0.25) is 0 Å². The fourth-order valence-electron chi connectivity index (χ4n) is 4.49. The van der Waals surface area contributed by atoms with Gasteiger partial charge in [0.25, 0.3) is 5.56 Å². The lowest BCUT2D eigenvalue weighted by molar-refractivity contribution is 0.00440. The van der Waals surface area contributed by atoms with Crippen LogP contribution in [0.1, 0.15) is 53.1 Å². The molecule has 1 aliphatic rings. The molecule has 0 N–H and O–H groups in total. The number of aromatic nitrogens is 4. The van der Waals surface area contributed by atoms with Gasteiger partial charge in [-0.25, -0.2) is 9.37 Å². The van der Waals surface area contributed by atoms with Gasteiger partial charge in [0.05, 0.1) is 11.8 Å². The molecule has 2 unspecified atom stereocenters. The summed E-state index contributed by atoms with van der Waals surface area (Å²) < 4.78 is 22.4. The van der Waals surface area contributed by atoms with Crippen molar-refractivity contribution in [2.75, 3.05) is 6.61 Å². The molecule has 34 heavy (non-hydrogen) atoms. The molecular formula is C26H24ClFN4O2. The van der Waals surface area contributed by atoms with Crippen LogP contribution in [0, 0.1) is 26.6 Å². The lowest BCUT2D eigenvalue weighted by Crippen LogP contribution is -2.25. The van der Waals surface area contributed by atoms with Crippen LogP contribution >= 0.6 is 11.6 Å². The molecule has 0 saturated carbocycles. The molecule has 174 valence electrons. The summed E-state index contributed by atoms with van der Waals surface area (Å²) in [6.45, 7) is 6.00. The first kappa shape index (κ1) is 22.6. The van der Waals surface area contributed by atoms with Crippen molar-refractivity contribution in [2.45, 2.75) is 45.6 Å². The maximum Gasteiger partial charge on any atom is 0.277 e. The number of hydrogen-bond donors (Lipinski definition) is 0. The number of hydrogen-bond acceptors (Lipinski definition) is 5. The molecule has 3 aromatic heterocycles. The Hall–Kier alpha value is -3.16. The molecule has 8 heteroatoms. The van der Waals surface area contributed by atoms with Crippen LogP contribution in [-0.4, -0.2) is 26.2 Å². The van der Waals surface area contributed by atoms with Crippen molar-refractivity contribution in [1.82, 2.24) is 19.6 Å². The van der Waals surface area contributed by atoms with E-state index in [9.17, 15) is 9.18 Å². The number of pyridine rings is 1. The third-order valence-corrected chi connectivity index (χ3v) is 6.73. The molecule has 1 fully saturated rings. The van der Waals surface area contributed by atoms with Gasteiger partial charge < -0.3 is 4.74 Å². The van der Waals surface area contributed by atoms with Gasteiger partial charge >= 0.3 is 0 Å². The maximum absolute atomic E-state index is 15.0. The van der Waals surface area contributed by atoms with Gasteiger partial charge in [-0.2, -0.15) is 9.61 Å². The second-order valence-corrected chi connectivity index (χ2v) is 9.22. The number of aryl methyl sites for hydroxylation is 2. The number of benzene rings is 1. The Morgan fingerprint density at radius 1 is 1.12 bits per heavy atom. The molecule has 0 spiro atoms. The van der Waals surface area contributed by atoms with Gasteiger partial charge in [-0.1, -0.05) is 11.6 Å². The molecule has 2 atom stereocenters. The molecule has 1 aromatic carbocycles. The number of halogens is 2. The maximum atomic E-state index is 15.0. The standard InChI is InChI=1S/C26H24ClFN4O2/c1-14-10-18(6-8-29-14)24-11-17(7-9-34-24)23-13-21(20-5-4-19(27)12-22(20)28)25-30-16(3)15(2)26(33)32(25)31-23/h4-6,8,10,12-13,17,24H,7,9,11H2,1-3H3. The van der Waals surface area contributed by atoms with Gasteiger partial charge in [0.1, 0.15) is 5.82 Å². The van der Waals surface area contributed by atoms with E-state index >= 15 is 0 Å². The van der Waals surface area contributed by atoms with Gasteiger partial charge in [-0.15, -0.1) is 0 Å². The van der Waals surface area contributed by atoms with E-state index in [4.69, 9.17) is 21.4 Å². The molecule has 0 aliphatic carbocycles. The van der Waals surface area contributed by atoms with E-state index in [0.29, 0.717) is 51.8 Å². The van der Waals surface area contributed by atoms with Crippen LogP contribution in [0.25, 0.3) is 16.8 Å². The van der Waals surface area contributed by atoms with Crippen molar-refractivity contribution >= 4 is 17.2 Å². The minimum Gasteiger partial charge on any atom is -0.373 e. The van der Waals surface area contributed by atoms with Crippen molar-refractivity contribution in [3.05, 3.63) is 92.0 Å². The Labute approximate surface area is 201 Å². The number of fused-ring (bicyclic) bond motifs is 1. The molecule has 5 rings (SSSR count). The number of ether oxygens (including phenoxy) is 1. The predicted octanol–water partition coefficient (Wildman–Crippen LogP) is 5.50. The fourth-order valence-corrected chi connectivity index (χ4v) is 4.65. The van der Waals surface area contributed by atoms with Crippen molar-refractivity contribution in [3.8, 4) is 11.1 Å². The Morgan fingerprint density at radius 3 is 2.71 bits per heavy atom. The summed E-state index contributed by atoms with van der Waals surface area (Å²) in [6.07, 6.45) is 3.11. The first-order valence-corrected chi connectivity index (χ1v) is 11.6. The zero-order valence-electron chi connectivity index (χ0n) is 19.2. The average Bonchev–Trinajstić information content (AvgIpc) is 2.82. The minimum absolute atomic E-state index is 0.0271. The summed E-state index contributed by atoms with van der Waals surface area (Å²) >= 11 is 5.99. The van der Waals surface area contributed by atoms with Crippen LogP contribution in [0.4, 0.5) is 4.39 Å². The zero-order chi connectivity index (χ0) is 24.0. The van der Waals surface area contributed by atoms with E-state index in [2.05, 4.69) is 9.97 Å². The van der Waals surface area contributed by atoms with Crippen LogP contribution < -0.4 is 5.56 Å². The monoisotopic (exact) mass is 478 g/mol. The molecule has 1 aliphatic heterocycles. The van der Waals surface area contributed by atoms with E-state index in [1.165, 1.54) is 10.6 Å². The quantitative estimate of drug-likeness (QED) is 0.388. The molecule has 0 amide bonds. The highest BCUT2D eigenvalue weighted by Crippen LogP contribution is 2.38. The van der Waals surface area contributed by atoms with Gasteiger partial charge in [-0.3, -0.25) is 9.78 Å². The van der Waals surface area contributed by atoms with Crippen LogP contribution in [0.2, 0.25) is 5.02 Å². The SMILES string of the molecule is Cc1cc(C2CC(c3cc(-c4ccc(Cl)cc4F)c4nc(C)c(C)c(=O)n4n3)CCO2)ccn1. The molecular weight excluding hydrogens is 455 g/mol. The second kappa shape index (κ2) is 8.89. The summed E-state index contributed by atoms with van der Waals surface area (Å²) in [6, 6.07) is 10.4. The van der Waals surface area contributed by atoms with Gasteiger partial charge in [-0.05, 0) is 75.6 Å². The lowest BCUT2D eigenvalue weighted by atomic mass is 9.88. The highest BCUT2D eigenvalue weighted by Gasteiger charge is 2.28. The van der Waals surface area contributed by atoms with E-state index in [1.807, 2.05) is 25.1 Å². The van der Waals surface area contributed by atoms with Crippen molar-refractivity contribution in [1.29, 1.82) is 0 Å². The average molecular weight is 479 g/mol. The Morgan fingerprint density at radius 2 is 1.94 bits per heavy atom. The first-order valence-electron chi connectivity index (χ1n) is 11.2. The van der Waals surface area contributed by atoms with E-state index < -0.39 is 5.82 Å². The smallest absolute Gasteiger partial charge is 0.277 e. The number of nitrogens with zero attached hydrogens (tertiary/aromatic N) is 4. The first-order chi connectivity index (χ1) is 16.3. The summed E-state index contributed by atoms with van der Waals surface area (Å²) in [5.74, 6) is -0.449. The van der Waals surface area contributed by atoms with Crippen molar-refractivity contribution < 1.29 is 9.13 Å². The Bertz CT molecular complexity index is 1470. The summed E-state index contributed by atoms with van der Waals surface area (Å²) in [5.41, 5.74) is 4.72. The predicted molar refractivity (Wildman–Crippen MR) is 129 cm³/mol. The Balaban J connectivity index is 1.66.